The summed E-state index contributed by atoms with van der Waals surface area (Å²) >= 11 is 0. The van der Waals surface area contributed by atoms with Crippen LogP contribution in [-0.4, -0.2) is 230 Å². The molecule has 3 aromatic rings. The number of unbranched alkanes of at least 4 members (excludes halogenated alkanes) is 1. The topological polar surface area (TPSA) is 489 Å². The van der Waals surface area contributed by atoms with Crippen molar-refractivity contribution >= 4 is 137 Å². The molecule has 0 unspecified atom stereocenters. The van der Waals surface area contributed by atoms with E-state index in [0.29, 0.717) is 34.9 Å². The van der Waals surface area contributed by atoms with Crippen molar-refractivity contribution in [2.45, 2.75) is 158 Å². The van der Waals surface area contributed by atoms with Crippen LogP contribution < -0.4 is 69.5 Å². The van der Waals surface area contributed by atoms with Crippen molar-refractivity contribution in [1.29, 1.82) is 0 Å². The molecular weight excluding hydrogens is 1370 g/mol. The third-order valence-electron chi connectivity index (χ3n) is 16.6. The average Bonchev–Trinajstić information content (AvgIpc) is 1.68. The maximum Gasteiger partial charge on any atom is 0.327 e. The summed E-state index contributed by atoms with van der Waals surface area (Å²) in [6.07, 6.45) is 0.529. The number of phenols is 1. The summed E-state index contributed by atoms with van der Waals surface area (Å²) in [6, 6.07) is -3.45. The largest absolute Gasteiger partial charge is 0.508 e. The first-order valence-electron chi connectivity index (χ1n) is 32.5. The number of aliphatic hydroxyl groups excluding tert-OH is 1. The van der Waals surface area contributed by atoms with Gasteiger partial charge in [-0.2, -0.15) is 0 Å². The highest BCUT2D eigenvalue weighted by Crippen LogP contribution is 2.28. The van der Waals surface area contributed by atoms with E-state index < -0.39 is 180 Å². The van der Waals surface area contributed by atoms with Gasteiger partial charge in [-0.3, -0.25) is 62.3 Å². The normalized spacial score (nSPS) is 25.9. The summed E-state index contributed by atoms with van der Waals surface area (Å²) in [5, 5.41) is 63.9. The number of aromatic hydroxyl groups is 1. The summed E-state index contributed by atoms with van der Waals surface area (Å²) in [6.45, 7) is 5.27. The Morgan fingerprint density at radius 3 is 1.98 bits per heavy atom. The van der Waals surface area contributed by atoms with Gasteiger partial charge in [0.2, 0.25) is 76.8 Å². The van der Waals surface area contributed by atoms with E-state index in [1.54, 1.807) is 58.2 Å². The number of carbonyl (C=O) groups is 14. The van der Waals surface area contributed by atoms with Crippen LogP contribution in [0.2, 0.25) is 0 Å². The smallest absolute Gasteiger partial charge is 0.327 e. The van der Waals surface area contributed by atoms with Crippen LogP contribution in [0.1, 0.15) is 83.8 Å². The highest BCUT2D eigenvalue weighted by Gasteiger charge is 2.45. The molecule has 0 aliphatic carbocycles. The fraction of sp³-hybridized carbons (Fsp3) is 0.556. The maximum atomic E-state index is 15.2. The number of benzene rings is 2. The minimum atomic E-state index is -1.71. The first-order valence-corrected chi connectivity index (χ1v) is 37.5. The highest BCUT2D eigenvalue weighted by atomic mass is 33.1. The summed E-state index contributed by atoms with van der Waals surface area (Å²) in [4.78, 5) is 202. The number of aromatic nitrogens is 1. The Labute approximate surface area is 586 Å². The average molecular weight is 1450 g/mol. The third-order valence-corrected chi connectivity index (χ3v) is 21.5. The predicted molar refractivity (Wildman–Crippen MR) is 369 cm³/mol. The van der Waals surface area contributed by atoms with Gasteiger partial charge in [-0.1, -0.05) is 101 Å². The molecule has 2 bridgehead atoms. The van der Waals surface area contributed by atoms with Crippen molar-refractivity contribution in [2.75, 3.05) is 49.2 Å². The molecule has 99 heavy (non-hydrogen) atoms. The van der Waals surface area contributed by atoms with Crippen molar-refractivity contribution < 1.29 is 82.4 Å². The minimum absolute atomic E-state index is 0.00278. The van der Waals surface area contributed by atoms with Gasteiger partial charge in [0.1, 0.15) is 72.2 Å². The van der Waals surface area contributed by atoms with Crippen LogP contribution in [-0.2, 0) is 80.0 Å². The van der Waals surface area contributed by atoms with Gasteiger partial charge < -0.3 is 94.7 Å². The number of nitrogens with two attached hydrogens (primary N) is 1. The second kappa shape index (κ2) is 37.8. The molecule has 4 saturated heterocycles. The molecule has 0 saturated carbocycles. The van der Waals surface area contributed by atoms with Gasteiger partial charge in [-0.25, -0.2) is 4.79 Å². The molecular formula is C63H87N15O17S4. The van der Waals surface area contributed by atoms with Gasteiger partial charge in [0, 0.05) is 65.9 Å². The Morgan fingerprint density at radius 2 is 1.30 bits per heavy atom. The van der Waals surface area contributed by atoms with E-state index in [0.717, 1.165) is 48.1 Å². The number of carboxylic acids is 1. The lowest BCUT2D eigenvalue weighted by Gasteiger charge is -2.31. The van der Waals surface area contributed by atoms with E-state index in [2.05, 4.69) is 68.8 Å². The van der Waals surface area contributed by atoms with E-state index in [9.17, 15) is 72.9 Å². The molecule has 0 spiro atoms. The Hall–Kier alpha value is -8.32. The predicted octanol–water partition coefficient (Wildman–Crippen LogP) is -2.80. The van der Waals surface area contributed by atoms with Gasteiger partial charge in [0.25, 0.3) is 0 Å². The van der Waals surface area contributed by atoms with E-state index >= 15 is 9.59 Å². The first-order chi connectivity index (χ1) is 47.2. The molecule has 4 aliphatic heterocycles. The van der Waals surface area contributed by atoms with E-state index in [-0.39, 0.29) is 87.1 Å². The van der Waals surface area contributed by atoms with Gasteiger partial charge in [-0.15, -0.1) is 0 Å². The van der Waals surface area contributed by atoms with Gasteiger partial charge >= 0.3 is 5.97 Å². The molecule has 18 N–H and O–H groups in total. The van der Waals surface area contributed by atoms with E-state index in [1.807, 2.05) is 0 Å². The van der Waals surface area contributed by atoms with Crippen molar-refractivity contribution in [2.24, 2.45) is 17.6 Å². The zero-order valence-electron chi connectivity index (χ0n) is 55.0. The number of carbonyl (C=O) groups excluding carboxylic acids is 13. The molecule has 4 fully saturated rings. The summed E-state index contributed by atoms with van der Waals surface area (Å²) in [7, 11) is 3.52. The number of nitrogens with zero attached hydrogens (tertiary/aromatic N) is 1. The van der Waals surface area contributed by atoms with E-state index in [4.69, 9.17) is 5.73 Å². The molecule has 32 nitrogen and oxygen atoms in total. The second-order valence-corrected chi connectivity index (χ2v) is 30.2. The quantitative estimate of drug-likeness (QED) is 0.0452. The number of aliphatic carboxylic acids is 1. The van der Waals surface area contributed by atoms with Crippen LogP contribution in [0.25, 0.3) is 10.9 Å². The lowest BCUT2D eigenvalue weighted by atomic mass is 10.0. The number of aromatic amines is 1. The molecule has 1 aromatic heterocycles. The lowest BCUT2D eigenvalue weighted by Crippen LogP contribution is -2.61. The van der Waals surface area contributed by atoms with Gasteiger partial charge in [0.05, 0.1) is 19.2 Å². The summed E-state index contributed by atoms with van der Waals surface area (Å²) < 4.78 is 0. The van der Waals surface area contributed by atoms with Crippen molar-refractivity contribution in [3.05, 3.63) is 65.9 Å². The molecule has 7 rings (SSSR count). The number of nitrogens with one attached hydrogen (secondary N) is 13. The molecule has 36 heteroatoms. The molecule has 13 amide bonds. The number of amides is 13. The highest BCUT2D eigenvalue weighted by molar-refractivity contribution is 8.77. The summed E-state index contributed by atoms with van der Waals surface area (Å²) in [5.41, 5.74) is 7.50. The molecule has 5 heterocycles. The van der Waals surface area contributed by atoms with Crippen LogP contribution in [0.15, 0.2) is 54.7 Å². The first kappa shape index (κ1) is 78.0. The molecule has 540 valence electrons. The minimum Gasteiger partial charge on any atom is -0.508 e. The molecule has 2 aromatic carbocycles. The van der Waals surface area contributed by atoms with Crippen molar-refractivity contribution in [3.8, 4) is 5.75 Å². The van der Waals surface area contributed by atoms with Crippen LogP contribution in [0, 0.1) is 11.8 Å². The Bertz CT molecular complexity index is 3440. The standard InChI is InChI=1S/C63H87N15O17S4/c1-31(2)21-40-56(87)74-44-28-97-96-27-43(54(85)67-25-49(82)69-41(22-33-12-14-35(79)15-13-33)57(88)70-38(55(86)71-40)11-7-8-19-64)73-59(90)45(75-60(91)51(32(3)4)77-50(83)26-66-53(84)39-16-17-48(81)68-39)29-98-99-30-46(63(94)95)76-61(92)52-47(80)18-20-78(52)62(93)42(72-58(44)89)23-34-24-65-37-10-6-5-9-36(34)37/h5-6,9-10,12-15,24,31-32,38-47,51-52,65,79-80H,7-8,11,16-23,25-30,64H2,1-4H3,(H,66,84)(H,67,85)(H,68,81)(H,69,82)(H,70,88)(H,71,86)(H,72,89)(H,73,90)(H,74,87)(H,75,91)(H,76,92)(H,77,83)(H,94,95)/t38-,39-,40-,41-,42-,43-,44-,45-,46-,47-,51-,52-/m0/s1. The zero-order chi connectivity index (χ0) is 72.0. The Kier molecular flexibility index (Phi) is 29.8. The van der Waals surface area contributed by atoms with Crippen LogP contribution in [0.3, 0.4) is 0 Å². The fourth-order valence-corrected chi connectivity index (χ4v) is 15.9. The van der Waals surface area contributed by atoms with Gasteiger partial charge in [0.15, 0.2) is 0 Å². The van der Waals surface area contributed by atoms with Crippen LogP contribution >= 0.6 is 43.2 Å². The van der Waals surface area contributed by atoms with Crippen molar-refractivity contribution in [1.82, 2.24) is 73.7 Å². The third kappa shape index (κ3) is 23.1. The zero-order valence-corrected chi connectivity index (χ0v) is 58.3. The van der Waals surface area contributed by atoms with Crippen molar-refractivity contribution in [3.63, 3.8) is 0 Å². The number of aliphatic hydroxyl groups is 1. The van der Waals surface area contributed by atoms with E-state index in [1.165, 1.54) is 24.3 Å². The number of fused-ring (bicyclic) bond motifs is 7. The van der Waals surface area contributed by atoms with Crippen LogP contribution in [0.4, 0.5) is 0 Å². The molecule has 0 radical (unpaired) electrons. The van der Waals surface area contributed by atoms with Gasteiger partial charge in [-0.05, 0) is 86.2 Å². The number of phenolic OH excluding ortho intramolecular Hbond substituents is 1. The number of carboxylic acid groups (broad SMARTS) is 1. The SMILES string of the molecule is CC(C)C[C@@H]1NC(=O)[C@H](CCCCN)NC(=O)[C@H](Cc2ccc(O)cc2)NC(=O)CNC(=O)[C@@H]2CSSC[C@H](NC1=O)C(=O)N[C@@H](Cc1c[nH]c3ccccc13)C(=O)N1CC[C@H](O)[C@H]1C(=O)N[C@H](C(=O)O)CSSC[C@H](NC(=O)[C@@H](NC(=O)CNC(=O)[C@@H]1CCC(=O)N1)C(C)C)C(=O)N2. The number of hydrogen-bond acceptors (Lipinski definition) is 21. The van der Waals surface area contributed by atoms with Crippen LogP contribution in [0.5, 0.6) is 5.75 Å². The lowest BCUT2D eigenvalue weighted by molar-refractivity contribution is -0.146. The summed E-state index contributed by atoms with van der Waals surface area (Å²) in [5.74, 6) is -15.3. The molecule has 4 aliphatic rings. The Morgan fingerprint density at radius 1 is 0.657 bits per heavy atom. The number of H-pyrrole nitrogens is 1. The molecule has 12 atom stereocenters. The monoisotopic (exact) mass is 1450 g/mol. The number of para-hydroxylation sites is 1. The number of hydrogen-bond donors (Lipinski definition) is 17. The number of rotatable bonds is 18. The fourth-order valence-electron chi connectivity index (χ4n) is 11.3. The second-order valence-electron chi connectivity index (χ2n) is 25.1. The maximum absolute atomic E-state index is 15.2. The Balaban J connectivity index is 1.29.